The zero-order valence-electron chi connectivity index (χ0n) is 20.7. The highest BCUT2D eigenvalue weighted by atomic mass is 16.6. The summed E-state index contributed by atoms with van der Waals surface area (Å²) in [5, 5.41) is 43.0. The number of carbonyl (C=O) groups is 2. The number of rotatable bonds is 5. The van der Waals surface area contributed by atoms with E-state index in [0.29, 0.717) is 11.8 Å². The van der Waals surface area contributed by atoms with E-state index in [1.807, 2.05) is 24.3 Å². The molecule has 196 valence electrons. The Balaban J connectivity index is 1.40. The molecule has 0 unspecified atom stereocenters. The third-order valence-electron chi connectivity index (χ3n) is 8.44. The second-order valence-corrected chi connectivity index (χ2v) is 10.4. The van der Waals surface area contributed by atoms with Gasteiger partial charge in [0, 0.05) is 24.3 Å². The topological polar surface area (TPSA) is 137 Å². The molecule has 2 saturated heterocycles. The van der Waals surface area contributed by atoms with Gasteiger partial charge in [0.15, 0.2) is 5.79 Å². The van der Waals surface area contributed by atoms with Crippen LogP contribution in [0, 0.1) is 23.7 Å². The van der Waals surface area contributed by atoms with Crippen LogP contribution in [0.4, 0.5) is 5.69 Å². The number of ether oxygens (including phenoxy) is 2. The monoisotopic (exact) mass is 517 g/mol. The molecule has 2 heterocycles. The summed E-state index contributed by atoms with van der Waals surface area (Å²) >= 11 is 0. The van der Waals surface area contributed by atoms with Gasteiger partial charge in [-0.2, -0.15) is 0 Å². The zero-order chi connectivity index (χ0) is 26.8. The lowest BCUT2D eigenvalue weighted by atomic mass is 9.64. The second kappa shape index (κ2) is 9.18. The molecule has 1 aliphatic carbocycles. The number of benzene rings is 3. The van der Waals surface area contributed by atoms with E-state index < -0.39 is 48.6 Å². The van der Waals surface area contributed by atoms with Crippen LogP contribution < -0.4 is 10.4 Å². The number of nitrogens with zero attached hydrogens (tertiary/aromatic N) is 1. The molecule has 3 aromatic rings. The van der Waals surface area contributed by atoms with E-state index in [2.05, 4.69) is 0 Å². The highest BCUT2D eigenvalue weighted by Crippen LogP contribution is 2.59. The van der Waals surface area contributed by atoms with E-state index >= 15 is 0 Å². The van der Waals surface area contributed by atoms with Gasteiger partial charge >= 0.3 is 7.12 Å². The average molecular weight is 517 g/mol. The Morgan fingerprint density at radius 3 is 2.53 bits per heavy atom. The predicted molar refractivity (Wildman–Crippen MR) is 138 cm³/mol. The van der Waals surface area contributed by atoms with Gasteiger partial charge in [-0.15, -0.1) is 0 Å². The van der Waals surface area contributed by atoms with E-state index in [1.54, 1.807) is 24.3 Å². The number of methoxy groups -OCH3 is 1. The number of amides is 2. The fourth-order valence-electron chi connectivity index (χ4n) is 6.74. The maximum absolute atomic E-state index is 13.8. The summed E-state index contributed by atoms with van der Waals surface area (Å²) in [4.78, 5) is 28.6. The van der Waals surface area contributed by atoms with Gasteiger partial charge in [0.1, 0.15) is 5.75 Å². The lowest BCUT2D eigenvalue weighted by molar-refractivity contribution is -0.275. The van der Waals surface area contributed by atoms with Gasteiger partial charge in [0.2, 0.25) is 11.8 Å². The maximum atomic E-state index is 13.8. The lowest BCUT2D eigenvalue weighted by Crippen LogP contribution is -2.54. The Kier molecular flexibility index (Phi) is 6.05. The first-order valence-electron chi connectivity index (χ1n) is 12.7. The van der Waals surface area contributed by atoms with Crippen LogP contribution in [0.1, 0.15) is 24.5 Å². The van der Waals surface area contributed by atoms with Gasteiger partial charge in [0.05, 0.1) is 30.2 Å². The number of hydrogen-bond donors (Lipinski definition) is 4. The molecule has 9 nitrogen and oxygen atoms in total. The van der Waals surface area contributed by atoms with E-state index in [9.17, 15) is 29.9 Å². The van der Waals surface area contributed by atoms with Crippen molar-refractivity contribution < 1.29 is 39.3 Å². The van der Waals surface area contributed by atoms with Crippen molar-refractivity contribution in [1.82, 2.24) is 0 Å². The normalized spacial score (nSPS) is 30.5. The Labute approximate surface area is 219 Å². The summed E-state index contributed by atoms with van der Waals surface area (Å²) in [5.41, 5.74) is 1.20. The minimum Gasteiger partial charge on any atom is -0.507 e. The number of anilines is 1. The summed E-state index contributed by atoms with van der Waals surface area (Å²) in [7, 11) is -0.227. The van der Waals surface area contributed by atoms with Crippen LogP contribution in [-0.4, -0.2) is 58.7 Å². The standard InChI is InChI=1S/C28H28BNO8/c1-37-14-15-11-21-25(27(33)30(26(21)32)17-6-4-5-16(12-17)29(35)36)22-13-24(38-28(15,22)34)20-9-10-23(31)19-8-3-2-7-18(19)20/h2-10,12,15,21-22,24-25,31,34-36H,11,13-14H2,1H3/t15-,21+,22+,24+,25+,28-/m1/s1. The molecule has 1 saturated carbocycles. The lowest BCUT2D eigenvalue weighted by Gasteiger charge is -2.44. The Morgan fingerprint density at radius 1 is 1.03 bits per heavy atom. The first-order chi connectivity index (χ1) is 18.2. The summed E-state index contributed by atoms with van der Waals surface area (Å²) in [5.74, 6) is -5.09. The van der Waals surface area contributed by atoms with Crippen LogP contribution in [0.15, 0.2) is 60.7 Å². The molecule has 3 aromatic carbocycles. The summed E-state index contributed by atoms with van der Waals surface area (Å²) < 4.78 is 11.8. The quantitative estimate of drug-likeness (QED) is 0.295. The van der Waals surface area contributed by atoms with Crippen LogP contribution in [0.3, 0.4) is 0 Å². The van der Waals surface area contributed by atoms with Crippen molar-refractivity contribution in [3.63, 3.8) is 0 Å². The molecule has 6 rings (SSSR count). The van der Waals surface area contributed by atoms with Crippen molar-refractivity contribution in [3.8, 4) is 5.75 Å². The molecule has 10 heteroatoms. The largest absolute Gasteiger partial charge is 0.507 e. The summed E-state index contributed by atoms with van der Waals surface area (Å²) in [6.45, 7) is 0.146. The average Bonchev–Trinajstić information content (AvgIpc) is 3.38. The van der Waals surface area contributed by atoms with E-state index in [4.69, 9.17) is 9.47 Å². The second-order valence-electron chi connectivity index (χ2n) is 10.4. The molecule has 3 aliphatic rings. The highest BCUT2D eigenvalue weighted by Gasteiger charge is 2.67. The number of aliphatic hydroxyl groups is 1. The molecule has 0 radical (unpaired) electrons. The minimum absolute atomic E-state index is 0.137. The van der Waals surface area contributed by atoms with Crippen LogP contribution in [-0.2, 0) is 19.1 Å². The molecular weight excluding hydrogens is 489 g/mol. The van der Waals surface area contributed by atoms with Gasteiger partial charge in [-0.05, 0) is 47.5 Å². The van der Waals surface area contributed by atoms with Crippen LogP contribution in [0.5, 0.6) is 5.75 Å². The van der Waals surface area contributed by atoms with Gasteiger partial charge < -0.3 is 29.7 Å². The molecular formula is C28H28BNO8. The molecule has 38 heavy (non-hydrogen) atoms. The maximum Gasteiger partial charge on any atom is 0.488 e. The SMILES string of the molecule is COC[C@H]1C[C@@H]2C(=O)N(c3cccc(B(O)O)c3)C(=O)[C@@H]2[C@@H]2C[C@@H](c3ccc(O)c4ccccc34)O[C@]12O. The number of hydrogen-bond acceptors (Lipinski definition) is 8. The van der Waals surface area contributed by atoms with Gasteiger partial charge in [-0.3, -0.25) is 14.5 Å². The predicted octanol–water partition coefficient (Wildman–Crippen LogP) is 1.46. The summed E-state index contributed by atoms with van der Waals surface area (Å²) in [6.07, 6.45) is -0.0641. The van der Waals surface area contributed by atoms with E-state index in [1.165, 1.54) is 19.2 Å². The third kappa shape index (κ3) is 3.67. The van der Waals surface area contributed by atoms with Crippen molar-refractivity contribution in [3.05, 3.63) is 66.2 Å². The number of aromatic hydroxyl groups is 1. The van der Waals surface area contributed by atoms with Crippen molar-refractivity contribution >= 4 is 40.9 Å². The van der Waals surface area contributed by atoms with Crippen LogP contribution >= 0.6 is 0 Å². The molecule has 2 amide bonds. The number of fused-ring (bicyclic) bond motifs is 4. The molecule has 4 N–H and O–H groups in total. The molecule has 2 aliphatic heterocycles. The van der Waals surface area contributed by atoms with E-state index in [-0.39, 0.29) is 35.8 Å². The molecule has 0 bridgehead atoms. The van der Waals surface area contributed by atoms with Gasteiger partial charge in [-0.25, -0.2) is 0 Å². The number of phenols is 1. The number of phenolic OH excluding ortho intramolecular Hbond substituents is 1. The van der Waals surface area contributed by atoms with Gasteiger partial charge in [-0.1, -0.05) is 42.5 Å². The van der Waals surface area contributed by atoms with E-state index in [0.717, 1.165) is 15.8 Å². The summed E-state index contributed by atoms with van der Waals surface area (Å²) in [6, 6.07) is 16.8. The van der Waals surface area contributed by atoms with Crippen molar-refractivity contribution in [1.29, 1.82) is 0 Å². The van der Waals surface area contributed by atoms with Crippen molar-refractivity contribution in [2.75, 3.05) is 18.6 Å². The molecule has 3 fully saturated rings. The van der Waals surface area contributed by atoms with Crippen molar-refractivity contribution in [2.24, 2.45) is 23.7 Å². The first kappa shape index (κ1) is 25.0. The zero-order valence-corrected chi connectivity index (χ0v) is 20.7. The first-order valence-corrected chi connectivity index (χ1v) is 12.7. The third-order valence-corrected chi connectivity index (χ3v) is 8.44. The molecule has 6 atom stereocenters. The highest BCUT2D eigenvalue weighted by molar-refractivity contribution is 6.58. The minimum atomic E-state index is -1.75. The smallest absolute Gasteiger partial charge is 0.488 e. The van der Waals surface area contributed by atoms with Crippen molar-refractivity contribution in [2.45, 2.75) is 24.7 Å². The number of carbonyl (C=O) groups excluding carboxylic acids is 2. The van der Waals surface area contributed by atoms with Crippen LogP contribution in [0.25, 0.3) is 10.8 Å². The van der Waals surface area contributed by atoms with Crippen LogP contribution in [0.2, 0.25) is 0 Å². The Hall–Kier alpha value is -3.28. The molecule has 0 spiro atoms. The fraction of sp³-hybridized carbons (Fsp3) is 0.357. The van der Waals surface area contributed by atoms with Gasteiger partial charge in [0.25, 0.3) is 0 Å². The fourth-order valence-corrected chi connectivity index (χ4v) is 6.74. The Bertz CT molecular complexity index is 1430. The number of imide groups is 1. The Morgan fingerprint density at radius 2 is 1.79 bits per heavy atom. The molecule has 0 aromatic heterocycles.